The van der Waals surface area contributed by atoms with E-state index in [0.717, 1.165) is 13.1 Å². The molecule has 4 nitrogen and oxygen atoms in total. The summed E-state index contributed by atoms with van der Waals surface area (Å²) in [7, 11) is 0. The number of carbonyl (C=O) groups is 1. The first-order valence-electron chi connectivity index (χ1n) is 5.28. The van der Waals surface area contributed by atoms with Gasteiger partial charge in [-0.05, 0) is 18.2 Å². The minimum absolute atomic E-state index is 0.0605. The van der Waals surface area contributed by atoms with Crippen LogP contribution in [0.2, 0.25) is 4.34 Å². The molecule has 0 radical (unpaired) electrons. The lowest BCUT2D eigenvalue weighted by molar-refractivity contribution is 0.0506. The Bertz CT molecular complexity index is 531. The maximum Gasteiger partial charge on any atom is 0.264 e. The van der Waals surface area contributed by atoms with Crippen molar-refractivity contribution in [2.75, 3.05) is 13.1 Å². The monoisotopic (exact) mass is 267 g/mol. The number of amides is 1. The average Bonchev–Trinajstić information content (AvgIpc) is 2.86. The van der Waals surface area contributed by atoms with E-state index in [0.29, 0.717) is 15.3 Å². The number of rotatable bonds is 2. The first kappa shape index (κ1) is 10.8. The van der Waals surface area contributed by atoms with Gasteiger partial charge in [0.25, 0.3) is 5.91 Å². The summed E-state index contributed by atoms with van der Waals surface area (Å²) in [5.74, 6) is 0.0605. The second-order valence-corrected chi connectivity index (χ2v) is 5.67. The van der Waals surface area contributed by atoms with Crippen molar-refractivity contribution >= 4 is 28.8 Å². The van der Waals surface area contributed by atoms with E-state index in [4.69, 9.17) is 11.6 Å². The lowest BCUT2D eigenvalue weighted by atomic mass is 10.1. The molecule has 0 aromatic carbocycles. The fourth-order valence-electron chi connectivity index (χ4n) is 1.87. The van der Waals surface area contributed by atoms with Crippen LogP contribution in [-0.4, -0.2) is 33.7 Å². The lowest BCUT2D eigenvalue weighted by Crippen LogP contribution is -2.50. The van der Waals surface area contributed by atoms with Crippen LogP contribution < -0.4 is 0 Å². The highest BCUT2D eigenvalue weighted by Crippen LogP contribution is 2.27. The van der Waals surface area contributed by atoms with Gasteiger partial charge in [-0.1, -0.05) is 11.6 Å². The zero-order chi connectivity index (χ0) is 11.8. The SMILES string of the molecule is O=C(c1ccc(Cl)s1)N1CC(n2cccn2)C1. The summed E-state index contributed by atoms with van der Waals surface area (Å²) in [6.07, 6.45) is 3.68. The molecule has 1 aliphatic rings. The maximum atomic E-state index is 12.0. The van der Waals surface area contributed by atoms with Crippen LogP contribution >= 0.6 is 22.9 Å². The van der Waals surface area contributed by atoms with Gasteiger partial charge in [0.2, 0.25) is 0 Å². The highest BCUT2D eigenvalue weighted by Gasteiger charge is 2.33. The van der Waals surface area contributed by atoms with Crippen molar-refractivity contribution in [1.82, 2.24) is 14.7 Å². The van der Waals surface area contributed by atoms with Gasteiger partial charge in [-0.2, -0.15) is 5.10 Å². The third kappa shape index (κ3) is 1.96. The van der Waals surface area contributed by atoms with Gasteiger partial charge in [0.05, 0.1) is 15.3 Å². The minimum Gasteiger partial charge on any atom is -0.334 e. The molecule has 6 heteroatoms. The van der Waals surface area contributed by atoms with E-state index < -0.39 is 0 Å². The molecule has 0 aliphatic carbocycles. The van der Waals surface area contributed by atoms with E-state index in [-0.39, 0.29) is 5.91 Å². The highest BCUT2D eigenvalue weighted by atomic mass is 35.5. The fourth-order valence-corrected chi connectivity index (χ4v) is 2.88. The second-order valence-electron chi connectivity index (χ2n) is 3.95. The van der Waals surface area contributed by atoms with Crippen LogP contribution in [0.5, 0.6) is 0 Å². The largest absolute Gasteiger partial charge is 0.334 e. The Hall–Kier alpha value is -1.33. The van der Waals surface area contributed by atoms with Crippen LogP contribution in [0.1, 0.15) is 15.7 Å². The Balaban J connectivity index is 1.64. The van der Waals surface area contributed by atoms with E-state index in [1.54, 1.807) is 18.3 Å². The Kier molecular flexibility index (Phi) is 2.64. The summed E-state index contributed by atoms with van der Waals surface area (Å²) in [5.41, 5.74) is 0. The lowest BCUT2D eigenvalue weighted by Gasteiger charge is -2.38. The van der Waals surface area contributed by atoms with Crippen LogP contribution in [-0.2, 0) is 0 Å². The van der Waals surface area contributed by atoms with Crippen molar-refractivity contribution in [3.8, 4) is 0 Å². The standard InChI is InChI=1S/C11H10ClN3OS/c12-10-3-2-9(17-10)11(16)14-6-8(7-14)15-5-1-4-13-15/h1-5,8H,6-7H2. The number of hydrogen-bond acceptors (Lipinski definition) is 3. The van der Waals surface area contributed by atoms with Crippen LogP contribution in [0, 0.1) is 0 Å². The molecule has 17 heavy (non-hydrogen) atoms. The van der Waals surface area contributed by atoms with Crippen molar-refractivity contribution in [2.45, 2.75) is 6.04 Å². The van der Waals surface area contributed by atoms with E-state index in [1.165, 1.54) is 11.3 Å². The molecule has 88 valence electrons. The minimum atomic E-state index is 0.0605. The van der Waals surface area contributed by atoms with Gasteiger partial charge in [-0.3, -0.25) is 9.48 Å². The number of nitrogens with zero attached hydrogens (tertiary/aromatic N) is 3. The number of thiophene rings is 1. The first-order valence-corrected chi connectivity index (χ1v) is 6.47. The molecule has 1 amide bonds. The zero-order valence-electron chi connectivity index (χ0n) is 8.91. The number of likely N-dealkylation sites (tertiary alicyclic amines) is 1. The molecule has 3 rings (SSSR count). The van der Waals surface area contributed by atoms with Crippen LogP contribution in [0.4, 0.5) is 0 Å². The Morgan fingerprint density at radius 2 is 2.29 bits per heavy atom. The first-order chi connectivity index (χ1) is 8.24. The molecule has 0 spiro atoms. The van der Waals surface area contributed by atoms with Crippen LogP contribution in [0.25, 0.3) is 0 Å². The number of hydrogen-bond donors (Lipinski definition) is 0. The Morgan fingerprint density at radius 1 is 1.47 bits per heavy atom. The third-order valence-electron chi connectivity index (χ3n) is 2.83. The molecular formula is C11H10ClN3OS. The van der Waals surface area contributed by atoms with Gasteiger partial charge in [0.1, 0.15) is 0 Å². The van der Waals surface area contributed by atoms with Gasteiger partial charge >= 0.3 is 0 Å². The summed E-state index contributed by atoms with van der Waals surface area (Å²) in [6.45, 7) is 1.44. The Labute approximate surface area is 107 Å². The molecule has 0 atom stereocenters. The van der Waals surface area contributed by atoms with Crippen molar-refractivity contribution < 1.29 is 4.79 Å². The van der Waals surface area contributed by atoms with Gasteiger partial charge in [-0.15, -0.1) is 11.3 Å². The van der Waals surface area contributed by atoms with Gasteiger partial charge in [0.15, 0.2) is 0 Å². The Morgan fingerprint density at radius 3 is 2.88 bits per heavy atom. The van der Waals surface area contributed by atoms with E-state index in [2.05, 4.69) is 5.10 Å². The molecule has 0 N–H and O–H groups in total. The predicted molar refractivity (Wildman–Crippen MR) is 66.5 cm³/mol. The molecule has 1 fully saturated rings. The van der Waals surface area contributed by atoms with Crippen LogP contribution in [0.15, 0.2) is 30.6 Å². The number of carbonyl (C=O) groups excluding carboxylic acids is 1. The van der Waals surface area contributed by atoms with E-state index in [9.17, 15) is 4.79 Å². The third-order valence-corrected chi connectivity index (χ3v) is 4.05. The molecular weight excluding hydrogens is 258 g/mol. The molecule has 2 aromatic heterocycles. The maximum absolute atomic E-state index is 12.0. The quantitative estimate of drug-likeness (QED) is 0.837. The highest BCUT2D eigenvalue weighted by molar-refractivity contribution is 7.17. The van der Waals surface area contributed by atoms with E-state index >= 15 is 0 Å². The summed E-state index contributed by atoms with van der Waals surface area (Å²) >= 11 is 7.14. The van der Waals surface area contributed by atoms with Gasteiger partial charge in [-0.25, -0.2) is 0 Å². The second kappa shape index (κ2) is 4.16. The zero-order valence-corrected chi connectivity index (χ0v) is 10.5. The molecule has 1 aliphatic heterocycles. The molecule has 2 aromatic rings. The molecule has 0 saturated carbocycles. The van der Waals surface area contributed by atoms with Crippen LogP contribution in [0.3, 0.4) is 0 Å². The topological polar surface area (TPSA) is 38.1 Å². The molecule has 3 heterocycles. The number of halogens is 1. The predicted octanol–water partition coefficient (Wildman–Crippen LogP) is 2.30. The van der Waals surface area contributed by atoms with Crippen molar-refractivity contribution in [1.29, 1.82) is 0 Å². The van der Waals surface area contributed by atoms with Gasteiger partial charge in [0, 0.05) is 25.5 Å². The van der Waals surface area contributed by atoms with E-state index in [1.807, 2.05) is 21.8 Å². The van der Waals surface area contributed by atoms with Gasteiger partial charge < -0.3 is 4.90 Å². The smallest absolute Gasteiger partial charge is 0.264 e. The summed E-state index contributed by atoms with van der Waals surface area (Å²) in [5, 5.41) is 4.17. The summed E-state index contributed by atoms with van der Waals surface area (Å²) in [4.78, 5) is 14.5. The average molecular weight is 268 g/mol. The van der Waals surface area contributed by atoms with Crippen molar-refractivity contribution in [2.24, 2.45) is 0 Å². The fraction of sp³-hybridized carbons (Fsp3) is 0.273. The molecule has 1 saturated heterocycles. The number of aromatic nitrogens is 2. The summed E-state index contributed by atoms with van der Waals surface area (Å²) in [6, 6.07) is 5.73. The van der Waals surface area contributed by atoms with Crippen molar-refractivity contribution in [3.05, 3.63) is 39.8 Å². The molecule has 0 unspecified atom stereocenters. The summed E-state index contributed by atoms with van der Waals surface area (Å²) < 4.78 is 2.54. The van der Waals surface area contributed by atoms with Crippen molar-refractivity contribution in [3.63, 3.8) is 0 Å². The normalized spacial score (nSPS) is 15.9. The molecule has 0 bridgehead atoms.